The molecule has 0 aliphatic rings. The van der Waals surface area contributed by atoms with Crippen molar-refractivity contribution in [2.75, 3.05) is 7.05 Å². The van der Waals surface area contributed by atoms with Gasteiger partial charge in [0.1, 0.15) is 0 Å². The third-order valence-electron chi connectivity index (χ3n) is 2.66. The van der Waals surface area contributed by atoms with E-state index in [1.165, 1.54) is 7.05 Å². The Morgan fingerprint density at radius 1 is 1.11 bits per heavy atom. The Hall–Kier alpha value is -1.88. The molecule has 18 heavy (non-hydrogen) atoms. The van der Waals surface area contributed by atoms with Crippen LogP contribution in [0.15, 0.2) is 30.3 Å². The number of rotatable bonds is 4. The predicted octanol–water partition coefficient (Wildman–Crippen LogP) is 1.18. The fraction of sp³-hybridized carbons (Fsp3) is 0.385. The lowest BCUT2D eigenvalue weighted by Gasteiger charge is -2.19. The summed E-state index contributed by atoms with van der Waals surface area (Å²) < 4.78 is 0. The highest BCUT2D eigenvalue weighted by Gasteiger charge is 2.17. The van der Waals surface area contributed by atoms with Crippen molar-refractivity contribution in [3.8, 4) is 0 Å². The molecular weight excluding hydrogens is 230 g/mol. The fourth-order valence-electron chi connectivity index (χ4n) is 1.57. The van der Waals surface area contributed by atoms with E-state index in [-0.39, 0.29) is 11.9 Å². The lowest BCUT2D eigenvalue weighted by Crippen LogP contribution is -2.47. The Morgan fingerprint density at radius 3 is 2.28 bits per heavy atom. The fourth-order valence-corrected chi connectivity index (χ4v) is 1.57. The van der Waals surface area contributed by atoms with E-state index >= 15 is 0 Å². The molecule has 0 aromatic heterocycles. The molecule has 1 rings (SSSR count). The van der Waals surface area contributed by atoms with E-state index in [4.69, 9.17) is 0 Å². The Bertz CT molecular complexity index is 406. The summed E-state index contributed by atoms with van der Waals surface area (Å²) in [5.74, 6) is -0.350. The summed E-state index contributed by atoms with van der Waals surface area (Å²) in [4.78, 5) is 22.7. The Labute approximate surface area is 107 Å². The standard InChI is InChI=1S/C13H19N3O2/c1-9(11-7-5-4-6-8-11)15-10(2)12(17)16-13(18)14-3/h4-10,15H,1-3H3,(H2,14,16,17,18)/t9-,10?/m0/s1. The van der Waals surface area contributed by atoms with Gasteiger partial charge in [-0.25, -0.2) is 4.79 Å². The van der Waals surface area contributed by atoms with Crippen LogP contribution in [0.25, 0.3) is 0 Å². The molecule has 1 unspecified atom stereocenters. The molecule has 98 valence electrons. The predicted molar refractivity (Wildman–Crippen MR) is 70.1 cm³/mol. The van der Waals surface area contributed by atoms with E-state index in [9.17, 15) is 9.59 Å². The summed E-state index contributed by atoms with van der Waals surface area (Å²) in [5, 5.41) is 7.71. The van der Waals surface area contributed by atoms with Crippen LogP contribution in [-0.4, -0.2) is 25.0 Å². The minimum atomic E-state index is -0.499. The molecule has 1 aromatic carbocycles. The second-order valence-corrected chi connectivity index (χ2v) is 4.09. The van der Waals surface area contributed by atoms with Gasteiger partial charge in [-0.15, -0.1) is 0 Å². The van der Waals surface area contributed by atoms with Crippen LogP contribution in [0.4, 0.5) is 4.79 Å². The van der Waals surface area contributed by atoms with Gasteiger partial charge < -0.3 is 5.32 Å². The lowest BCUT2D eigenvalue weighted by atomic mass is 10.1. The lowest BCUT2D eigenvalue weighted by molar-refractivity contribution is -0.121. The second-order valence-electron chi connectivity index (χ2n) is 4.09. The van der Waals surface area contributed by atoms with Gasteiger partial charge in [-0.3, -0.25) is 15.4 Å². The Kier molecular flexibility index (Phi) is 5.32. The van der Waals surface area contributed by atoms with E-state index in [0.717, 1.165) is 5.56 Å². The van der Waals surface area contributed by atoms with Crippen LogP contribution in [0.1, 0.15) is 25.5 Å². The van der Waals surface area contributed by atoms with Crippen molar-refractivity contribution in [2.45, 2.75) is 25.9 Å². The van der Waals surface area contributed by atoms with Crippen LogP contribution in [0.3, 0.4) is 0 Å². The molecule has 0 aliphatic heterocycles. The van der Waals surface area contributed by atoms with E-state index in [1.54, 1.807) is 6.92 Å². The monoisotopic (exact) mass is 249 g/mol. The number of imide groups is 1. The van der Waals surface area contributed by atoms with Crippen LogP contribution in [-0.2, 0) is 4.79 Å². The van der Waals surface area contributed by atoms with E-state index < -0.39 is 12.1 Å². The minimum absolute atomic E-state index is 0.0386. The Balaban J connectivity index is 2.52. The van der Waals surface area contributed by atoms with Gasteiger partial charge in [0.05, 0.1) is 6.04 Å². The van der Waals surface area contributed by atoms with Gasteiger partial charge in [-0.2, -0.15) is 0 Å². The van der Waals surface area contributed by atoms with Gasteiger partial charge in [0.25, 0.3) is 0 Å². The molecule has 5 heteroatoms. The van der Waals surface area contributed by atoms with Crippen molar-refractivity contribution in [2.24, 2.45) is 0 Å². The summed E-state index contributed by atoms with van der Waals surface area (Å²) in [6.45, 7) is 3.69. The van der Waals surface area contributed by atoms with Crippen LogP contribution in [0.2, 0.25) is 0 Å². The molecule has 0 saturated carbocycles. The highest BCUT2D eigenvalue weighted by molar-refractivity contribution is 5.96. The van der Waals surface area contributed by atoms with Gasteiger partial charge in [0.2, 0.25) is 5.91 Å². The summed E-state index contributed by atoms with van der Waals surface area (Å²) in [6.07, 6.45) is 0. The number of benzene rings is 1. The zero-order chi connectivity index (χ0) is 13.5. The maximum absolute atomic E-state index is 11.6. The summed E-state index contributed by atoms with van der Waals surface area (Å²) in [7, 11) is 1.47. The second kappa shape index (κ2) is 6.76. The molecule has 0 spiro atoms. The number of urea groups is 1. The first-order valence-corrected chi connectivity index (χ1v) is 5.88. The number of hydrogen-bond donors (Lipinski definition) is 3. The Morgan fingerprint density at radius 2 is 1.72 bits per heavy atom. The SMILES string of the molecule is CNC(=O)NC(=O)C(C)N[C@@H](C)c1ccccc1. The number of nitrogens with one attached hydrogen (secondary N) is 3. The smallest absolute Gasteiger partial charge is 0.321 e. The van der Waals surface area contributed by atoms with Gasteiger partial charge >= 0.3 is 6.03 Å². The highest BCUT2D eigenvalue weighted by atomic mass is 16.2. The molecule has 0 fully saturated rings. The van der Waals surface area contributed by atoms with Gasteiger partial charge in [-0.05, 0) is 19.4 Å². The molecule has 0 radical (unpaired) electrons. The topological polar surface area (TPSA) is 70.2 Å². The molecule has 0 saturated heterocycles. The number of carbonyl (C=O) groups is 2. The van der Waals surface area contributed by atoms with Crippen molar-refractivity contribution in [1.82, 2.24) is 16.0 Å². The molecule has 2 atom stereocenters. The van der Waals surface area contributed by atoms with Crippen LogP contribution < -0.4 is 16.0 Å². The summed E-state index contributed by atoms with van der Waals surface area (Å²) >= 11 is 0. The quantitative estimate of drug-likeness (QED) is 0.750. The van der Waals surface area contributed by atoms with Gasteiger partial charge in [-0.1, -0.05) is 30.3 Å². The van der Waals surface area contributed by atoms with E-state index in [0.29, 0.717) is 0 Å². The molecule has 0 bridgehead atoms. The maximum Gasteiger partial charge on any atom is 0.321 e. The van der Waals surface area contributed by atoms with E-state index in [1.807, 2.05) is 37.3 Å². The first kappa shape index (κ1) is 14.2. The number of hydrogen-bond acceptors (Lipinski definition) is 3. The van der Waals surface area contributed by atoms with Crippen molar-refractivity contribution < 1.29 is 9.59 Å². The van der Waals surface area contributed by atoms with E-state index in [2.05, 4.69) is 16.0 Å². The van der Waals surface area contributed by atoms with Gasteiger partial charge in [0.15, 0.2) is 0 Å². The van der Waals surface area contributed by atoms with Crippen LogP contribution in [0.5, 0.6) is 0 Å². The molecular formula is C13H19N3O2. The average Bonchev–Trinajstić information content (AvgIpc) is 2.39. The molecule has 0 heterocycles. The normalized spacial score (nSPS) is 13.5. The van der Waals surface area contributed by atoms with Crippen molar-refractivity contribution in [3.05, 3.63) is 35.9 Å². The number of carbonyl (C=O) groups excluding carboxylic acids is 2. The largest absolute Gasteiger partial charge is 0.341 e. The third kappa shape index (κ3) is 4.18. The first-order valence-electron chi connectivity index (χ1n) is 5.88. The minimum Gasteiger partial charge on any atom is -0.341 e. The number of amides is 3. The third-order valence-corrected chi connectivity index (χ3v) is 2.66. The molecule has 0 aliphatic carbocycles. The van der Waals surface area contributed by atoms with Crippen LogP contribution in [0, 0.1) is 0 Å². The average molecular weight is 249 g/mol. The molecule has 3 amide bonds. The molecule has 5 nitrogen and oxygen atoms in total. The zero-order valence-corrected chi connectivity index (χ0v) is 10.9. The van der Waals surface area contributed by atoms with Crippen molar-refractivity contribution in [3.63, 3.8) is 0 Å². The first-order chi connectivity index (χ1) is 8.54. The molecule has 1 aromatic rings. The summed E-state index contributed by atoms with van der Waals surface area (Å²) in [5.41, 5.74) is 1.09. The van der Waals surface area contributed by atoms with Crippen molar-refractivity contribution in [1.29, 1.82) is 0 Å². The highest BCUT2D eigenvalue weighted by Crippen LogP contribution is 2.11. The molecule has 3 N–H and O–H groups in total. The van der Waals surface area contributed by atoms with Crippen molar-refractivity contribution >= 4 is 11.9 Å². The van der Waals surface area contributed by atoms with Gasteiger partial charge in [0, 0.05) is 13.1 Å². The maximum atomic E-state index is 11.6. The zero-order valence-electron chi connectivity index (χ0n) is 10.9. The summed E-state index contributed by atoms with van der Waals surface area (Å²) in [6, 6.07) is 8.90. The van der Waals surface area contributed by atoms with Crippen LogP contribution >= 0.6 is 0 Å².